The van der Waals surface area contributed by atoms with E-state index in [0.717, 1.165) is 18.4 Å². The van der Waals surface area contributed by atoms with Crippen LogP contribution >= 0.6 is 0 Å². The Kier molecular flexibility index (Phi) is 8.03. The molecule has 0 spiro atoms. The van der Waals surface area contributed by atoms with E-state index < -0.39 is 0 Å². The SMILES string of the molecule is CNC(=O)c1ccc(/C=C/C(=O)NCCCCOc2ccc(F)cc2)cc1. The van der Waals surface area contributed by atoms with Gasteiger partial charge in [0.2, 0.25) is 5.91 Å². The van der Waals surface area contributed by atoms with Crippen molar-refractivity contribution in [3.8, 4) is 5.75 Å². The molecule has 0 saturated carbocycles. The summed E-state index contributed by atoms with van der Waals surface area (Å²) in [4.78, 5) is 23.3. The van der Waals surface area contributed by atoms with Crippen LogP contribution in [0.4, 0.5) is 4.39 Å². The Bertz CT molecular complexity index is 771. The first-order valence-corrected chi connectivity index (χ1v) is 8.75. The van der Waals surface area contributed by atoms with Crippen molar-refractivity contribution in [3.05, 3.63) is 71.6 Å². The topological polar surface area (TPSA) is 67.4 Å². The molecule has 0 bridgehead atoms. The van der Waals surface area contributed by atoms with Gasteiger partial charge < -0.3 is 15.4 Å². The molecule has 0 aliphatic rings. The van der Waals surface area contributed by atoms with E-state index in [-0.39, 0.29) is 17.6 Å². The average molecular weight is 370 g/mol. The quantitative estimate of drug-likeness (QED) is 0.526. The van der Waals surface area contributed by atoms with E-state index in [1.54, 1.807) is 49.5 Å². The van der Waals surface area contributed by atoms with E-state index >= 15 is 0 Å². The second kappa shape index (κ2) is 10.8. The molecule has 0 saturated heterocycles. The Morgan fingerprint density at radius 2 is 1.74 bits per heavy atom. The first-order valence-electron chi connectivity index (χ1n) is 8.75. The van der Waals surface area contributed by atoms with Gasteiger partial charge in [-0.25, -0.2) is 4.39 Å². The number of hydrogen-bond donors (Lipinski definition) is 2. The van der Waals surface area contributed by atoms with Crippen molar-refractivity contribution in [2.24, 2.45) is 0 Å². The molecule has 2 amide bonds. The third-order valence-electron chi connectivity index (χ3n) is 3.78. The summed E-state index contributed by atoms with van der Waals surface area (Å²) in [5, 5.41) is 5.36. The summed E-state index contributed by atoms with van der Waals surface area (Å²) in [7, 11) is 1.58. The van der Waals surface area contributed by atoms with Crippen LogP contribution in [0, 0.1) is 5.82 Å². The van der Waals surface area contributed by atoms with Crippen molar-refractivity contribution in [1.29, 1.82) is 0 Å². The molecule has 0 unspecified atom stereocenters. The van der Waals surface area contributed by atoms with Gasteiger partial charge in [-0.2, -0.15) is 0 Å². The minimum Gasteiger partial charge on any atom is -0.494 e. The summed E-state index contributed by atoms with van der Waals surface area (Å²) in [6, 6.07) is 12.9. The highest BCUT2D eigenvalue weighted by Crippen LogP contribution is 2.11. The van der Waals surface area contributed by atoms with Gasteiger partial charge >= 0.3 is 0 Å². The summed E-state index contributed by atoms with van der Waals surface area (Å²) < 4.78 is 18.3. The number of hydrogen-bond acceptors (Lipinski definition) is 3. The number of benzene rings is 2. The van der Waals surface area contributed by atoms with Crippen molar-refractivity contribution in [3.63, 3.8) is 0 Å². The lowest BCUT2D eigenvalue weighted by molar-refractivity contribution is -0.116. The van der Waals surface area contributed by atoms with E-state index in [4.69, 9.17) is 4.74 Å². The lowest BCUT2D eigenvalue weighted by atomic mass is 10.1. The van der Waals surface area contributed by atoms with Crippen molar-refractivity contribution in [2.75, 3.05) is 20.2 Å². The second-order valence-electron chi connectivity index (χ2n) is 5.83. The van der Waals surface area contributed by atoms with Crippen LogP contribution in [-0.2, 0) is 4.79 Å². The lowest BCUT2D eigenvalue weighted by Crippen LogP contribution is -2.22. The number of halogens is 1. The fourth-order valence-corrected chi connectivity index (χ4v) is 2.28. The standard InChI is InChI=1S/C21H23FN2O3/c1-23-21(26)17-7-4-16(5-8-17)6-13-20(25)24-14-2-3-15-27-19-11-9-18(22)10-12-19/h4-13H,2-3,14-15H2,1H3,(H,23,26)(H,24,25)/b13-6+. The number of carbonyl (C=O) groups excluding carboxylic acids is 2. The molecule has 2 aromatic carbocycles. The predicted molar refractivity (Wildman–Crippen MR) is 103 cm³/mol. The van der Waals surface area contributed by atoms with E-state index in [9.17, 15) is 14.0 Å². The molecule has 0 heterocycles. The molecule has 0 atom stereocenters. The largest absolute Gasteiger partial charge is 0.494 e. The monoisotopic (exact) mass is 370 g/mol. The molecule has 0 aromatic heterocycles. The van der Waals surface area contributed by atoms with Crippen LogP contribution in [0.5, 0.6) is 5.75 Å². The maximum Gasteiger partial charge on any atom is 0.251 e. The Morgan fingerprint density at radius 3 is 2.41 bits per heavy atom. The smallest absolute Gasteiger partial charge is 0.251 e. The van der Waals surface area contributed by atoms with Crippen molar-refractivity contribution < 1.29 is 18.7 Å². The molecule has 5 nitrogen and oxygen atoms in total. The highest BCUT2D eigenvalue weighted by atomic mass is 19.1. The summed E-state index contributed by atoms with van der Waals surface area (Å²) in [5.74, 6) is 0.0165. The molecule has 0 radical (unpaired) electrons. The van der Waals surface area contributed by atoms with E-state index in [1.807, 2.05) is 0 Å². The zero-order chi connectivity index (χ0) is 19.5. The number of amides is 2. The fraction of sp³-hybridized carbons (Fsp3) is 0.238. The zero-order valence-corrected chi connectivity index (χ0v) is 15.2. The van der Waals surface area contributed by atoms with Crippen LogP contribution in [0.2, 0.25) is 0 Å². The van der Waals surface area contributed by atoms with E-state index in [2.05, 4.69) is 10.6 Å². The molecular formula is C21H23FN2O3. The number of nitrogens with one attached hydrogen (secondary N) is 2. The predicted octanol–water partition coefficient (Wildman–Crippen LogP) is 3.17. The molecule has 2 rings (SSSR count). The van der Waals surface area contributed by atoms with Gasteiger partial charge in [-0.3, -0.25) is 9.59 Å². The van der Waals surface area contributed by atoms with Gasteiger partial charge in [-0.1, -0.05) is 12.1 Å². The van der Waals surface area contributed by atoms with E-state index in [0.29, 0.717) is 24.5 Å². The molecule has 2 aromatic rings. The Balaban J connectivity index is 1.62. The number of unbranched alkanes of at least 4 members (excludes halogenated alkanes) is 1. The molecular weight excluding hydrogens is 347 g/mol. The van der Waals surface area contributed by atoms with Crippen LogP contribution in [0.3, 0.4) is 0 Å². The fourth-order valence-electron chi connectivity index (χ4n) is 2.28. The van der Waals surface area contributed by atoms with Gasteiger partial charge in [0.25, 0.3) is 5.91 Å². The molecule has 0 aliphatic heterocycles. The molecule has 0 aliphatic carbocycles. The van der Waals surface area contributed by atoms with E-state index in [1.165, 1.54) is 18.2 Å². The Morgan fingerprint density at radius 1 is 1.04 bits per heavy atom. The maximum absolute atomic E-state index is 12.8. The molecule has 2 N–H and O–H groups in total. The minimum absolute atomic E-state index is 0.147. The highest BCUT2D eigenvalue weighted by molar-refractivity contribution is 5.94. The van der Waals surface area contributed by atoms with Crippen LogP contribution in [0.1, 0.15) is 28.8 Å². The van der Waals surface area contributed by atoms with Crippen LogP contribution in [0.15, 0.2) is 54.6 Å². The summed E-state index contributed by atoms with van der Waals surface area (Å²) in [6.07, 6.45) is 4.72. The van der Waals surface area contributed by atoms with Gasteiger partial charge in [0.15, 0.2) is 0 Å². The highest BCUT2D eigenvalue weighted by Gasteiger charge is 2.01. The van der Waals surface area contributed by atoms with Crippen molar-refractivity contribution >= 4 is 17.9 Å². The number of carbonyl (C=O) groups is 2. The van der Waals surface area contributed by atoms with Gasteiger partial charge in [0, 0.05) is 25.2 Å². The summed E-state index contributed by atoms with van der Waals surface area (Å²) in [6.45, 7) is 1.06. The lowest BCUT2D eigenvalue weighted by Gasteiger charge is -2.06. The third-order valence-corrected chi connectivity index (χ3v) is 3.78. The Labute approximate surface area is 158 Å². The number of rotatable bonds is 9. The first kappa shape index (κ1) is 20.2. The van der Waals surface area contributed by atoms with Crippen LogP contribution < -0.4 is 15.4 Å². The summed E-state index contributed by atoms with van der Waals surface area (Å²) >= 11 is 0. The van der Waals surface area contributed by atoms with Crippen LogP contribution in [0.25, 0.3) is 6.08 Å². The first-order chi connectivity index (χ1) is 13.1. The average Bonchev–Trinajstić information content (AvgIpc) is 2.70. The molecule has 6 heteroatoms. The van der Waals surface area contributed by atoms with Gasteiger partial charge in [0.05, 0.1) is 6.61 Å². The third kappa shape index (κ3) is 7.32. The molecule has 27 heavy (non-hydrogen) atoms. The van der Waals surface area contributed by atoms with Gasteiger partial charge in [-0.15, -0.1) is 0 Å². The normalized spacial score (nSPS) is 10.6. The van der Waals surface area contributed by atoms with Crippen molar-refractivity contribution in [2.45, 2.75) is 12.8 Å². The van der Waals surface area contributed by atoms with Gasteiger partial charge in [0.1, 0.15) is 11.6 Å². The Hall–Kier alpha value is -3.15. The van der Waals surface area contributed by atoms with Crippen molar-refractivity contribution in [1.82, 2.24) is 10.6 Å². The molecule has 142 valence electrons. The minimum atomic E-state index is -0.291. The maximum atomic E-state index is 12.8. The van der Waals surface area contributed by atoms with Gasteiger partial charge in [-0.05, 0) is 60.9 Å². The zero-order valence-electron chi connectivity index (χ0n) is 15.2. The molecule has 0 fully saturated rings. The number of ether oxygens (including phenoxy) is 1. The van der Waals surface area contributed by atoms with Crippen LogP contribution in [-0.4, -0.2) is 32.0 Å². The second-order valence-corrected chi connectivity index (χ2v) is 5.83. The summed E-state index contributed by atoms with van der Waals surface area (Å²) in [5.41, 5.74) is 1.41.